The number of carbonyl (C=O) groups is 1. The number of carbonyl (C=O) groups excluding carboxylic acids is 1. The summed E-state index contributed by atoms with van der Waals surface area (Å²) in [4.78, 5) is 14.6. The standard InChI is InChI=1S/C23H22ClNO4/c1-25(14-15-4-5-17-11-19(27-2)7-6-16(17)10-15)23(26)18-12-20(24)22-21(13-18)28-8-3-9-29-22/h4-7,10-13H,3,8-9,14H2,1-2H3. The van der Waals surface area contributed by atoms with Gasteiger partial charge in [0, 0.05) is 25.6 Å². The Kier molecular flexibility index (Phi) is 5.49. The highest BCUT2D eigenvalue weighted by atomic mass is 35.5. The fourth-order valence-electron chi connectivity index (χ4n) is 3.42. The van der Waals surface area contributed by atoms with Gasteiger partial charge in [0.05, 0.1) is 25.3 Å². The van der Waals surface area contributed by atoms with Crippen LogP contribution in [-0.2, 0) is 6.54 Å². The second kappa shape index (κ2) is 8.21. The smallest absolute Gasteiger partial charge is 0.254 e. The van der Waals surface area contributed by atoms with Gasteiger partial charge in [0.1, 0.15) is 5.75 Å². The van der Waals surface area contributed by atoms with Crippen LogP contribution < -0.4 is 14.2 Å². The van der Waals surface area contributed by atoms with E-state index in [1.807, 2.05) is 30.3 Å². The van der Waals surface area contributed by atoms with Crippen LogP contribution in [0.2, 0.25) is 5.02 Å². The molecule has 0 bridgehead atoms. The van der Waals surface area contributed by atoms with E-state index in [0.717, 1.165) is 28.5 Å². The molecule has 1 aliphatic heterocycles. The van der Waals surface area contributed by atoms with Crippen molar-refractivity contribution in [2.24, 2.45) is 0 Å². The van der Waals surface area contributed by atoms with Gasteiger partial charge >= 0.3 is 0 Å². The van der Waals surface area contributed by atoms with Crippen LogP contribution in [0.1, 0.15) is 22.3 Å². The predicted molar refractivity (Wildman–Crippen MR) is 113 cm³/mol. The van der Waals surface area contributed by atoms with Crippen LogP contribution in [-0.4, -0.2) is 38.2 Å². The maximum absolute atomic E-state index is 13.0. The quantitative estimate of drug-likeness (QED) is 0.610. The first-order valence-corrected chi connectivity index (χ1v) is 9.84. The average Bonchev–Trinajstić information content (AvgIpc) is 2.98. The van der Waals surface area contributed by atoms with E-state index in [2.05, 4.69) is 6.07 Å². The molecular weight excluding hydrogens is 390 g/mol. The fraction of sp³-hybridized carbons (Fsp3) is 0.261. The molecule has 1 aliphatic rings. The van der Waals surface area contributed by atoms with Crippen molar-refractivity contribution in [1.82, 2.24) is 4.90 Å². The van der Waals surface area contributed by atoms with E-state index in [4.69, 9.17) is 25.8 Å². The largest absolute Gasteiger partial charge is 0.497 e. The van der Waals surface area contributed by atoms with Gasteiger partial charge in [-0.05, 0) is 46.7 Å². The number of fused-ring (bicyclic) bond motifs is 2. The summed E-state index contributed by atoms with van der Waals surface area (Å²) >= 11 is 6.33. The molecule has 0 atom stereocenters. The highest BCUT2D eigenvalue weighted by Crippen LogP contribution is 2.38. The summed E-state index contributed by atoms with van der Waals surface area (Å²) in [5.41, 5.74) is 1.52. The Morgan fingerprint density at radius 3 is 2.66 bits per heavy atom. The van der Waals surface area contributed by atoms with Crippen LogP contribution in [0.15, 0.2) is 48.5 Å². The minimum absolute atomic E-state index is 0.127. The first kappa shape index (κ1) is 19.4. The van der Waals surface area contributed by atoms with E-state index in [1.54, 1.807) is 31.2 Å². The Labute approximate surface area is 174 Å². The Morgan fingerprint density at radius 2 is 1.83 bits per heavy atom. The molecule has 0 saturated heterocycles. The lowest BCUT2D eigenvalue weighted by Gasteiger charge is -2.19. The molecule has 0 unspecified atom stereocenters. The topological polar surface area (TPSA) is 48.0 Å². The third-order valence-electron chi connectivity index (χ3n) is 4.93. The molecule has 0 saturated carbocycles. The summed E-state index contributed by atoms with van der Waals surface area (Å²) in [6, 6.07) is 15.4. The van der Waals surface area contributed by atoms with Crippen molar-refractivity contribution >= 4 is 28.3 Å². The molecular formula is C23H22ClNO4. The van der Waals surface area contributed by atoms with Crippen LogP contribution in [0.5, 0.6) is 17.2 Å². The number of hydrogen-bond acceptors (Lipinski definition) is 4. The molecule has 0 aromatic heterocycles. The molecule has 0 radical (unpaired) electrons. The van der Waals surface area contributed by atoms with Crippen LogP contribution in [0.4, 0.5) is 0 Å². The van der Waals surface area contributed by atoms with E-state index >= 15 is 0 Å². The van der Waals surface area contributed by atoms with Gasteiger partial charge in [-0.3, -0.25) is 4.79 Å². The molecule has 6 heteroatoms. The maximum Gasteiger partial charge on any atom is 0.254 e. The minimum Gasteiger partial charge on any atom is -0.497 e. The zero-order chi connectivity index (χ0) is 20.4. The number of ether oxygens (including phenoxy) is 3. The van der Waals surface area contributed by atoms with Crippen molar-refractivity contribution < 1.29 is 19.0 Å². The molecule has 1 heterocycles. The lowest BCUT2D eigenvalue weighted by Crippen LogP contribution is -2.26. The highest BCUT2D eigenvalue weighted by Gasteiger charge is 2.20. The molecule has 29 heavy (non-hydrogen) atoms. The Morgan fingerprint density at radius 1 is 1.07 bits per heavy atom. The second-order valence-corrected chi connectivity index (χ2v) is 7.45. The SMILES string of the molecule is COc1ccc2cc(CN(C)C(=O)c3cc(Cl)c4c(c3)OCCCO4)ccc2c1. The van der Waals surface area contributed by atoms with Crippen LogP contribution in [0.3, 0.4) is 0 Å². The number of benzene rings is 3. The number of rotatable bonds is 4. The van der Waals surface area contributed by atoms with Gasteiger partial charge in [-0.15, -0.1) is 0 Å². The van der Waals surface area contributed by atoms with Gasteiger partial charge in [0.15, 0.2) is 11.5 Å². The van der Waals surface area contributed by atoms with Gasteiger partial charge in [-0.25, -0.2) is 0 Å². The van der Waals surface area contributed by atoms with Crippen LogP contribution in [0, 0.1) is 0 Å². The van der Waals surface area contributed by atoms with Crippen LogP contribution in [0.25, 0.3) is 10.8 Å². The molecule has 3 aromatic carbocycles. The second-order valence-electron chi connectivity index (χ2n) is 7.04. The van der Waals surface area contributed by atoms with E-state index in [1.165, 1.54) is 0 Å². The summed E-state index contributed by atoms with van der Waals surface area (Å²) in [6.45, 7) is 1.57. The van der Waals surface area contributed by atoms with E-state index < -0.39 is 0 Å². The number of hydrogen-bond donors (Lipinski definition) is 0. The third-order valence-corrected chi connectivity index (χ3v) is 5.21. The predicted octanol–water partition coefficient (Wildman–Crippen LogP) is 4.94. The van der Waals surface area contributed by atoms with Gasteiger partial charge in [0.25, 0.3) is 5.91 Å². The van der Waals surface area contributed by atoms with Crippen LogP contribution >= 0.6 is 11.6 Å². The summed E-state index contributed by atoms with van der Waals surface area (Å²) in [6.07, 6.45) is 0.780. The molecule has 0 spiro atoms. The fourth-order valence-corrected chi connectivity index (χ4v) is 3.68. The van der Waals surface area contributed by atoms with E-state index in [9.17, 15) is 4.79 Å². The Balaban J connectivity index is 1.54. The first-order valence-electron chi connectivity index (χ1n) is 9.46. The number of amides is 1. The third kappa shape index (κ3) is 4.10. The molecule has 150 valence electrons. The van der Waals surface area contributed by atoms with Crippen molar-refractivity contribution in [1.29, 1.82) is 0 Å². The zero-order valence-electron chi connectivity index (χ0n) is 16.4. The summed E-state index contributed by atoms with van der Waals surface area (Å²) < 4.78 is 16.6. The lowest BCUT2D eigenvalue weighted by atomic mass is 10.1. The average molecular weight is 412 g/mol. The molecule has 4 rings (SSSR count). The molecule has 3 aromatic rings. The summed E-state index contributed by atoms with van der Waals surface area (Å²) in [5, 5.41) is 2.58. The number of methoxy groups -OCH3 is 1. The van der Waals surface area contributed by atoms with Gasteiger partial charge in [0.2, 0.25) is 0 Å². The molecule has 1 amide bonds. The monoisotopic (exact) mass is 411 g/mol. The summed E-state index contributed by atoms with van der Waals surface area (Å²) in [7, 11) is 3.43. The molecule has 5 nitrogen and oxygen atoms in total. The van der Waals surface area contributed by atoms with Gasteiger partial charge < -0.3 is 19.1 Å². The van der Waals surface area contributed by atoms with E-state index in [-0.39, 0.29) is 5.91 Å². The minimum atomic E-state index is -0.127. The molecule has 0 N–H and O–H groups in total. The Bertz CT molecular complexity index is 1070. The van der Waals surface area contributed by atoms with Gasteiger partial charge in [-0.2, -0.15) is 0 Å². The number of halogens is 1. The van der Waals surface area contributed by atoms with E-state index in [0.29, 0.717) is 41.8 Å². The van der Waals surface area contributed by atoms with Crippen molar-refractivity contribution in [3.05, 3.63) is 64.7 Å². The number of nitrogens with zero attached hydrogens (tertiary/aromatic N) is 1. The van der Waals surface area contributed by atoms with Crippen molar-refractivity contribution in [2.75, 3.05) is 27.4 Å². The first-order chi connectivity index (χ1) is 14.0. The zero-order valence-corrected chi connectivity index (χ0v) is 17.2. The maximum atomic E-state index is 13.0. The summed E-state index contributed by atoms with van der Waals surface area (Å²) in [5.74, 6) is 1.72. The lowest BCUT2D eigenvalue weighted by molar-refractivity contribution is 0.0784. The normalized spacial score (nSPS) is 13.1. The van der Waals surface area contributed by atoms with Gasteiger partial charge in [-0.1, -0.05) is 29.8 Å². The van der Waals surface area contributed by atoms with Crippen molar-refractivity contribution in [3.8, 4) is 17.2 Å². The molecule has 0 fully saturated rings. The highest BCUT2D eigenvalue weighted by molar-refractivity contribution is 6.32. The molecule has 0 aliphatic carbocycles. The van der Waals surface area contributed by atoms with Crippen molar-refractivity contribution in [2.45, 2.75) is 13.0 Å². The Hall–Kier alpha value is -2.92. The van der Waals surface area contributed by atoms with Crippen molar-refractivity contribution in [3.63, 3.8) is 0 Å².